The predicted molar refractivity (Wildman–Crippen MR) is 60.6 cm³/mol. The molecule has 1 aliphatic carbocycles. The van der Waals surface area contributed by atoms with Crippen LogP contribution in [0.4, 0.5) is 0 Å². The van der Waals surface area contributed by atoms with Crippen molar-refractivity contribution in [3.63, 3.8) is 0 Å². The van der Waals surface area contributed by atoms with Gasteiger partial charge in [-0.2, -0.15) is 0 Å². The zero-order chi connectivity index (χ0) is 11.6. The van der Waals surface area contributed by atoms with Gasteiger partial charge < -0.3 is 0 Å². The largest absolute Gasteiger partial charge is 0.298 e. The average Bonchev–Trinajstić information content (AvgIpc) is 3.11. The summed E-state index contributed by atoms with van der Waals surface area (Å²) in [4.78, 5) is 10.5. The quantitative estimate of drug-likeness (QED) is 0.782. The highest BCUT2D eigenvalue weighted by Gasteiger charge is 2.35. The minimum absolute atomic E-state index is 0.207. The minimum Gasteiger partial charge on any atom is -0.298 e. The number of rotatable bonds is 5. The number of benzene rings is 1. The third kappa shape index (κ3) is 2.68. The molecule has 1 saturated carbocycles. The summed E-state index contributed by atoms with van der Waals surface area (Å²) >= 11 is 0. The lowest BCUT2D eigenvalue weighted by Crippen LogP contribution is -2.26. The van der Waals surface area contributed by atoms with Gasteiger partial charge >= 0.3 is 0 Å². The molecule has 0 amide bonds. The molecule has 0 radical (unpaired) electrons. The van der Waals surface area contributed by atoms with Crippen LogP contribution in [0.1, 0.15) is 28.8 Å². The molecule has 5 heteroatoms. The molecule has 0 atom stereocenters. The lowest BCUT2D eigenvalue weighted by molar-refractivity contribution is 0.112. The van der Waals surface area contributed by atoms with E-state index in [1.54, 1.807) is 24.3 Å². The molecule has 1 aromatic carbocycles. The van der Waals surface area contributed by atoms with Crippen LogP contribution in [0, 0.1) is 0 Å². The second-order valence-corrected chi connectivity index (χ2v) is 5.97. The molecular formula is C11H13NO3S. The summed E-state index contributed by atoms with van der Waals surface area (Å²) in [5.74, 6) is 0. The van der Waals surface area contributed by atoms with Gasteiger partial charge in [0.15, 0.2) is 0 Å². The van der Waals surface area contributed by atoms with Crippen LogP contribution in [0.5, 0.6) is 0 Å². The van der Waals surface area contributed by atoms with E-state index < -0.39 is 10.0 Å². The molecule has 1 N–H and O–H groups in total. The molecule has 2 rings (SSSR count). The van der Waals surface area contributed by atoms with Crippen molar-refractivity contribution >= 4 is 16.3 Å². The van der Waals surface area contributed by atoms with Crippen LogP contribution in [0.3, 0.4) is 0 Å². The third-order valence-corrected chi connectivity index (χ3v) is 4.42. The third-order valence-electron chi connectivity index (χ3n) is 2.53. The Morgan fingerprint density at radius 1 is 1.38 bits per heavy atom. The summed E-state index contributed by atoms with van der Waals surface area (Å²) in [6.07, 6.45) is 2.26. The zero-order valence-electron chi connectivity index (χ0n) is 8.72. The molecule has 0 heterocycles. The van der Waals surface area contributed by atoms with Gasteiger partial charge in [0, 0.05) is 12.1 Å². The van der Waals surface area contributed by atoms with Crippen molar-refractivity contribution in [3.05, 3.63) is 35.4 Å². The summed E-state index contributed by atoms with van der Waals surface area (Å²) in [7, 11) is -3.14. The van der Waals surface area contributed by atoms with E-state index in [4.69, 9.17) is 0 Å². The van der Waals surface area contributed by atoms with Gasteiger partial charge in [-0.3, -0.25) is 4.79 Å². The van der Waals surface area contributed by atoms with Gasteiger partial charge in [0.05, 0.1) is 5.25 Å². The Bertz CT molecular complexity index is 492. The Kier molecular flexibility index (Phi) is 3.07. The molecule has 0 bridgehead atoms. The fourth-order valence-corrected chi connectivity index (χ4v) is 2.82. The van der Waals surface area contributed by atoms with E-state index in [0.717, 1.165) is 24.7 Å². The Labute approximate surface area is 94.7 Å². The smallest absolute Gasteiger partial charge is 0.214 e. The maximum absolute atomic E-state index is 11.5. The monoisotopic (exact) mass is 239 g/mol. The van der Waals surface area contributed by atoms with Crippen molar-refractivity contribution in [1.82, 2.24) is 4.72 Å². The van der Waals surface area contributed by atoms with Crippen LogP contribution < -0.4 is 4.72 Å². The summed E-state index contributed by atoms with van der Waals surface area (Å²) < 4.78 is 25.6. The van der Waals surface area contributed by atoms with Crippen molar-refractivity contribution in [3.8, 4) is 0 Å². The lowest BCUT2D eigenvalue weighted by Gasteiger charge is -2.05. The molecular weight excluding hydrogens is 226 g/mol. The van der Waals surface area contributed by atoms with Crippen molar-refractivity contribution in [2.24, 2.45) is 0 Å². The summed E-state index contributed by atoms with van der Waals surface area (Å²) in [5.41, 5.74) is 1.36. The van der Waals surface area contributed by atoms with Crippen LogP contribution in [0.15, 0.2) is 24.3 Å². The Balaban J connectivity index is 2.01. The zero-order valence-corrected chi connectivity index (χ0v) is 9.53. The van der Waals surface area contributed by atoms with E-state index in [2.05, 4.69) is 4.72 Å². The number of hydrogen-bond acceptors (Lipinski definition) is 3. The van der Waals surface area contributed by atoms with E-state index >= 15 is 0 Å². The van der Waals surface area contributed by atoms with Crippen molar-refractivity contribution in [2.75, 3.05) is 0 Å². The molecule has 1 aliphatic rings. The molecule has 0 spiro atoms. The number of aldehydes is 1. The van der Waals surface area contributed by atoms with Gasteiger partial charge in [-0.25, -0.2) is 13.1 Å². The Morgan fingerprint density at radius 3 is 2.75 bits per heavy atom. The van der Waals surface area contributed by atoms with Gasteiger partial charge in [0.1, 0.15) is 6.29 Å². The number of hydrogen-bond donors (Lipinski definition) is 1. The molecule has 0 saturated heterocycles. The average molecular weight is 239 g/mol. The first kappa shape index (κ1) is 11.3. The van der Waals surface area contributed by atoms with E-state index in [-0.39, 0.29) is 11.8 Å². The van der Waals surface area contributed by atoms with Crippen LogP contribution in [0.2, 0.25) is 0 Å². The number of sulfonamides is 1. The van der Waals surface area contributed by atoms with E-state index in [1.165, 1.54) is 0 Å². The van der Waals surface area contributed by atoms with Gasteiger partial charge in [-0.1, -0.05) is 18.2 Å². The standard InChI is InChI=1S/C11H13NO3S/c13-8-10-3-1-2-9(6-10)7-12-16(14,15)11-4-5-11/h1-3,6,8,11-12H,4-5,7H2. The predicted octanol–water partition coefficient (Wildman–Crippen LogP) is 1.08. The van der Waals surface area contributed by atoms with E-state index in [9.17, 15) is 13.2 Å². The molecule has 1 fully saturated rings. The Hall–Kier alpha value is -1.20. The van der Waals surface area contributed by atoms with Gasteiger partial charge in [0.25, 0.3) is 0 Å². The normalized spacial score (nSPS) is 16.0. The number of nitrogens with one attached hydrogen (secondary N) is 1. The fraction of sp³-hybridized carbons (Fsp3) is 0.364. The molecule has 4 nitrogen and oxygen atoms in total. The van der Waals surface area contributed by atoms with Crippen LogP contribution in [-0.4, -0.2) is 20.0 Å². The van der Waals surface area contributed by atoms with Crippen molar-refractivity contribution in [2.45, 2.75) is 24.6 Å². The molecule has 1 aromatic rings. The highest BCUT2D eigenvalue weighted by Crippen LogP contribution is 2.27. The van der Waals surface area contributed by atoms with Crippen molar-refractivity contribution in [1.29, 1.82) is 0 Å². The molecule has 0 unspecified atom stereocenters. The molecule has 86 valence electrons. The Morgan fingerprint density at radius 2 is 2.12 bits per heavy atom. The second-order valence-electron chi connectivity index (χ2n) is 3.93. The van der Waals surface area contributed by atoms with Gasteiger partial charge in [0.2, 0.25) is 10.0 Å². The summed E-state index contributed by atoms with van der Waals surface area (Å²) in [6, 6.07) is 6.90. The van der Waals surface area contributed by atoms with Crippen LogP contribution in [-0.2, 0) is 16.6 Å². The second kappa shape index (κ2) is 4.35. The molecule has 16 heavy (non-hydrogen) atoms. The van der Waals surface area contributed by atoms with Gasteiger partial charge in [-0.15, -0.1) is 0 Å². The van der Waals surface area contributed by atoms with E-state index in [1.807, 2.05) is 0 Å². The van der Waals surface area contributed by atoms with Crippen LogP contribution in [0.25, 0.3) is 0 Å². The first-order valence-corrected chi connectivity index (χ1v) is 6.69. The topological polar surface area (TPSA) is 63.2 Å². The van der Waals surface area contributed by atoms with Crippen molar-refractivity contribution < 1.29 is 13.2 Å². The fourth-order valence-electron chi connectivity index (χ4n) is 1.46. The highest BCUT2D eigenvalue weighted by molar-refractivity contribution is 7.90. The maximum atomic E-state index is 11.5. The molecule has 0 aromatic heterocycles. The molecule has 0 aliphatic heterocycles. The maximum Gasteiger partial charge on any atom is 0.214 e. The first-order valence-electron chi connectivity index (χ1n) is 5.14. The number of carbonyl (C=O) groups is 1. The SMILES string of the molecule is O=Cc1cccc(CNS(=O)(=O)C2CC2)c1. The summed E-state index contributed by atoms with van der Waals surface area (Å²) in [5, 5.41) is -0.207. The lowest BCUT2D eigenvalue weighted by atomic mass is 10.1. The van der Waals surface area contributed by atoms with Gasteiger partial charge in [-0.05, 0) is 24.5 Å². The summed E-state index contributed by atoms with van der Waals surface area (Å²) in [6.45, 7) is 0.251. The minimum atomic E-state index is -3.14. The van der Waals surface area contributed by atoms with E-state index in [0.29, 0.717) is 5.56 Å². The highest BCUT2D eigenvalue weighted by atomic mass is 32.2. The number of carbonyl (C=O) groups excluding carboxylic acids is 1. The first-order chi connectivity index (χ1) is 7.62. The van der Waals surface area contributed by atoms with Crippen LogP contribution >= 0.6 is 0 Å².